The maximum atomic E-state index is 12.3. The van der Waals surface area contributed by atoms with Gasteiger partial charge < -0.3 is 15.0 Å². The highest BCUT2D eigenvalue weighted by molar-refractivity contribution is 5.96. The maximum Gasteiger partial charge on any atom is 0.321 e. The van der Waals surface area contributed by atoms with E-state index in [4.69, 9.17) is 4.74 Å². The van der Waals surface area contributed by atoms with Crippen LogP contribution in [0, 0.1) is 5.92 Å². The summed E-state index contributed by atoms with van der Waals surface area (Å²) < 4.78 is 5.28. The molecule has 25 heavy (non-hydrogen) atoms. The predicted molar refractivity (Wildman–Crippen MR) is 93.0 cm³/mol. The first-order valence-corrected chi connectivity index (χ1v) is 9.19. The van der Waals surface area contributed by atoms with Gasteiger partial charge in [0.05, 0.1) is 19.3 Å². The summed E-state index contributed by atoms with van der Waals surface area (Å²) in [5.74, 6) is 0.294. The number of carbonyl (C=O) groups excluding carboxylic acids is 3. The van der Waals surface area contributed by atoms with E-state index in [2.05, 4.69) is 15.5 Å². The summed E-state index contributed by atoms with van der Waals surface area (Å²) in [7, 11) is 0. The standard InChI is InChI=1S/C17H30N4O4/c1-3-18-17(24)19-16(23)13(2)20-6-4-14(5-7-20)12-15(22)21-8-10-25-11-9-21/h13-14H,3-12H2,1-2H3,(H2,18,19,23,24)/t13-/m1/s1. The van der Waals surface area contributed by atoms with Gasteiger partial charge in [-0.3, -0.25) is 19.8 Å². The molecule has 8 heteroatoms. The molecule has 0 spiro atoms. The number of hydrogen-bond acceptors (Lipinski definition) is 5. The van der Waals surface area contributed by atoms with Gasteiger partial charge in [-0.15, -0.1) is 0 Å². The largest absolute Gasteiger partial charge is 0.378 e. The van der Waals surface area contributed by atoms with Crippen molar-refractivity contribution in [3.63, 3.8) is 0 Å². The Balaban J connectivity index is 1.72. The van der Waals surface area contributed by atoms with E-state index in [-0.39, 0.29) is 17.9 Å². The Hall–Kier alpha value is -1.67. The van der Waals surface area contributed by atoms with Crippen molar-refractivity contribution in [2.45, 2.75) is 39.2 Å². The molecular formula is C17H30N4O4. The lowest BCUT2D eigenvalue weighted by Crippen LogP contribution is -2.51. The van der Waals surface area contributed by atoms with Gasteiger partial charge in [0.25, 0.3) is 0 Å². The van der Waals surface area contributed by atoms with Crippen LogP contribution in [0.3, 0.4) is 0 Å². The van der Waals surface area contributed by atoms with Crippen LogP contribution in [-0.2, 0) is 14.3 Å². The normalized spacial score (nSPS) is 20.8. The van der Waals surface area contributed by atoms with E-state index >= 15 is 0 Å². The Morgan fingerprint density at radius 1 is 1.12 bits per heavy atom. The number of amides is 4. The summed E-state index contributed by atoms with van der Waals surface area (Å²) in [4.78, 5) is 39.8. The van der Waals surface area contributed by atoms with Gasteiger partial charge in [0.2, 0.25) is 11.8 Å². The summed E-state index contributed by atoms with van der Waals surface area (Å²) in [5.41, 5.74) is 0. The van der Waals surface area contributed by atoms with Crippen LogP contribution in [0.2, 0.25) is 0 Å². The smallest absolute Gasteiger partial charge is 0.321 e. The van der Waals surface area contributed by atoms with Gasteiger partial charge in [0.1, 0.15) is 0 Å². The van der Waals surface area contributed by atoms with Gasteiger partial charge in [-0.2, -0.15) is 0 Å². The van der Waals surface area contributed by atoms with Crippen molar-refractivity contribution in [3.05, 3.63) is 0 Å². The molecule has 2 aliphatic heterocycles. The molecule has 0 bridgehead atoms. The number of urea groups is 1. The van der Waals surface area contributed by atoms with E-state index < -0.39 is 6.03 Å². The highest BCUT2D eigenvalue weighted by Crippen LogP contribution is 2.23. The first-order chi connectivity index (χ1) is 12.0. The fourth-order valence-electron chi connectivity index (χ4n) is 3.32. The Morgan fingerprint density at radius 2 is 1.76 bits per heavy atom. The van der Waals surface area contributed by atoms with Crippen LogP contribution < -0.4 is 10.6 Å². The lowest BCUT2D eigenvalue weighted by molar-refractivity contribution is -0.137. The molecule has 0 aromatic heterocycles. The zero-order chi connectivity index (χ0) is 18.2. The third-order valence-electron chi connectivity index (χ3n) is 4.98. The molecule has 2 N–H and O–H groups in total. The number of likely N-dealkylation sites (tertiary alicyclic amines) is 1. The molecule has 0 aromatic carbocycles. The second-order valence-electron chi connectivity index (χ2n) is 6.70. The summed E-state index contributed by atoms with van der Waals surface area (Å²) in [6.07, 6.45) is 2.37. The molecule has 2 aliphatic rings. The van der Waals surface area contributed by atoms with Gasteiger partial charge in [0, 0.05) is 26.1 Å². The Labute approximate surface area is 149 Å². The number of nitrogens with zero attached hydrogens (tertiary/aromatic N) is 2. The Kier molecular flexibility index (Phi) is 7.64. The van der Waals surface area contributed by atoms with Crippen LogP contribution in [0.15, 0.2) is 0 Å². The Bertz CT molecular complexity index is 471. The third kappa shape index (κ3) is 5.97. The first kappa shape index (κ1) is 19.7. The van der Waals surface area contributed by atoms with E-state index in [1.54, 1.807) is 6.92 Å². The molecule has 1 atom stereocenters. The second kappa shape index (κ2) is 9.72. The van der Waals surface area contributed by atoms with Crippen LogP contribution >= 0.6 is 0 Å². The molecule has 0 aliphatic carbocycles. The zero-order valence-corrected chi connectivity index (χ0v) is 15.3. The number of piperidine rings is 1. The minimum absolute atomic E-state index is 0.212. The summed E-state index contributed by atoms with van der Waals surface area (Å²) in [6.45, 7) is 8.27. The molecule has 0 aromatic rings. The number of carbonyl (C=O) groups is 3. The summed E-state index contributed by atoms with van der Waals surface area (Å²) in [6, 6.07) is -0.802. The molecule has 142 valence electrons. The molecule has 2 heterocycles. The van der Waals surface area contributed by atoms with Crippen molar-refractivity contribution in [3.8, 4) is 0 Å². The van der Waals surface area contributed by atoms with Crippen LogP contribution in [0.1, 0.15) is 33.1 Å². The van der Waals surface area contributed by atoms with Crippen molar-refractivity contribution in [2.75, 3.05) is 45.9 Å². The molecule has 0 radical (unpaired) electrons. The summed E-state index contributed by atoms with van der Waals surface area (Å²) in [5, 5.41) is 4.91. The van der Waals surface area contributed by atoms with E-state index in [9.17, 15) is 14.4 Å². The minimum Gasteiger partial charge on any atom is -0.378 e. The number of hydrogen-bond donors (Lipinski definition) is 2. The molecule has 0 unspecified atom stereocenters. The third-order valence-corrected chi connectivity index (χ3v) is 4.98. The van der Waals surface area contributed by atoms with Crippen molar-refractivity contribution in [1.29, 1.82) is 0 Å². The van der Waals surface area contributed by atoms with Crippen molar-refractivity contribution in [1.82, 2.24) is 20.4 Å². The number of morpholine rings is 1. The van der Waals surface area contributed by atoms with Gasteiger partial charge in [0.15, 0.2) is 0 Å². The second-order valence-corrected chi connectivity index (χ2v) is 6.70. The zero-order valence-electron chi connectivity index (χ0n) is 15.3. The van der Waals surface area contributed by atoms with Gasteiger partial charge in [-0.05, 0) is 45.7 Å². The van der Waals surface area contributed by atoms with Crippen LogP contribution in [0.5, 0.6) is 0 Å². The first-order valence-electron chi connectivity index (χ1n) is 9.19. The van der Waals surface area contributed by atoms with Crippen molar-refractivity contribution < 1.29 is 19.1 Å². The van der Waals surface area contributed by atoms with Gasteiger partial charge in [-0.25, -0.2) is 4.79 Å². The van der Waals surface area contributed by atoms with E-state index in [0.29, 0.717) is 45.2 Å². The minimum atomic E-state index is -0.453. The molecule has 2 rings (SSSR count). The van der Waals surface area contributed by atoms with Gasteiger partial charge in [-0.1, -0.05) is 0 Å². The Morgan fingerprint density at radius 3 is 2.36 bits per heavy atom. The molecular weight excluding hydrogens is 324 g/mol. The average molecular weight is 354 g/mol. The molecule has 4 amide bonds. The van der Waals surface area contributed by atoms with E-state index in [1.807, 2.05) is 11.8 Å². The quantitative estimate of drug-likeness (QED) is 0.735. The van der Waals surface area contributed by atoms with Crippen molar-refractivity contribution >= 4 is 17.8 Å². The molecule has 2 fully saturated rings. The fourth-order valence-corrected chi connectivity index (χ4v) is 3.32. The molecule has 0 saturated carbocycles. The van der Waals surface area contributed by atoms with E-state index in [1.165, 1.54) is 0 Å². The number of rotatable bonds is 5. The number of nitrogens with one attached hydrogen (secondary N) is 2. The topological polar surface area (TPSA) is 91.0 Å². The number of ether oxygens (including phenoxy) is 1. The SMILES string of the molecule is CCNC(=O)NC(=O)[C@@H](C)N1CCC(CC(=O)N2CCOCC2)CC1. The molecule has 2 saturated heterocycles. The van der Waals surface area contributed by atoms with E-state index in [0.717, 1.165) is 25.9 Å². The average Bonchev–Trinajstić information content (AvgIpc) is 2.62. The van der Waals surface area contributed by atoms with Crippen LogP contribution in [-0.4, -0.2) is 79.6 Å². The highest BCUT2D eigenvalue weighted by Gasteiger charge is 2.29. The lowest BCUT2D eigenvalue weighted by atomic mass is 9.92. The summed E-state index contributed by atoms with van der Waals surface area (Å²) >= 11 is 0. The van der Waals surface area contributed by atoms with Crippen LogP contribution in [0.25, 0.3) is 0 Å². The van der Waals surface area contributed by atoms with Crippen LogP contribution in [0.4, 0.5) is 4.79 Å². The predicted octanol–water partition coefficient (Wildman–Crippen LogP) is 0.182. The monoisotopic (exact) mass is 354 g/mol. The maximum absolute atomic E-state index is 12.3. The van der Waals surface area contributed by atoms with Crippen molar-refractivity contribution in [2.24, 2.45) is 5.92 Å². The number of imide groups is 1. The highest BCUT2D eigenvalue weighted by atomic mass is 16.5. The lowest BCUT2D eigenvalue weighted by Gasteiger charge is -2.36. The van der Waals surface area contributed by atoms with Gasteiger partial charge >= 0.3 is 6.03 Å². The fraction of sp³-hybridized carbons (Fsp3) is 0.824. The molecule has 8 nitrogen and oxygen atoms in total.